The first-order chi connectivity index (χ1) is 11.4. The van der Waals surface area contributed by atoms with Crippen LogP contribution in [0.25, 0.3) is 5.57 Å². The molecule has 1 saturated carbocycles. The fourth-order valence-corrected chi connectivity index (χ4v) is 3.19. The second-order valence-electron chi connectivity index (χ2n) is 6.69. The maximum atomic E-state index is 13.5. The molecule has 130 valence electrons. The van der Waals surface area contributed by atoms with E-state index in [-0.39, 0.29) is 0 Å². The van der Waals surface area contributed by atoms with E-state index in [4.69, 9.17) is 0 Å². The topological polar surface area (TPSA) is 0 Å². The Labute approximate surface area is 142 Å². The summed E-state index contributed by atoms with van der Waals surface area (Å²) in [5, 5.41) is 0. The van der Waals surface area contributed by atoms with E-state index < -0.39 is 17.5 Å². The summed E-state index contributed by atoms with van der Waals surface area (Å²) in [5.74, 6) is -2.51. The third-order valence-electron chi connectivity index (χ3n) is 4.76. The molecule has 0 bridgehead atoms. The van der Waals surface area contributed by atoms with E-state index in [2.05, 4.69) is 13.5 Å². The van der Waals surface area contributed by atoms with Gasteiger partial charge in [0.15, 0.2) is 17.5 Å². The zero-order valence-corrected chi connectivity index (χ0v) is 14.4. The van der Waals surface area contributed by atoms with Crippen molar-refractivity contribution in [2.24, 2.45) is 11.8 Å². The predicted molar refractivity (Wildman–Crippen MR) is 94.0 cm³/mol. The Morgan fingerprint density at radius 1 is 1.08 bits per heavy atom. The van der Waals surface area contributed by atoms with Gasteiger partial charge in [-0.3, -0.25) is 0 Å². The number of allylic oxidation sites excluding steroid dienone is 5. The Bertz CT molecular complexity index is 624. The van der Waals surface area contributed by atoms with Crippen LogP contribution in [0.4, 0.5) is 13.2 Å². The van der Waals surface area contributed by atoms with E-state index in [1.807, 2.05) is 25.2 Å². The summed E-state index contributed by atoms with van der Waals surface area (Å²) < 4.78 is 40.1. The van der Waals surface area contributed by atoms with Crippen molar-refractivity contribution in [1.82, 2.24) is 0 Å². The number of rotatable bonds is 5. The molecule has 0 nitrogen and oxygen atoms in total. The molecule has 1 aromatic rings. The molecule has 0 aromatic heterocycles. The third-order valence-corrected chi connectivity index (χ3v) is 4.76. The van der Waals surface area contributed by atoms with Gasteiger partial charge in [0.05, 0.1) is 0 Å². The minimum atomic E-state index is -1.43. The maximum absolute atomic E-state index is 13.5. The summed E-state index contributed by atoms with van der Waals surface area (Å²) in [6, 6.07) is 2.07. The molecule has 1 aliphatic rings. The molecule has 0 saturated heterocycles. The summed E-state index contributed by atoms with van der Waals surface area (Å²) in [5.41, 5.74) is 2.07. The van der Waals surface area contributed by atoms with Crippen LogP contribution in [0.5, 0.6) is 0 Å². The van der Waals surface area contributed by atoms with Gasteiger partial charge >= 0.3 is 0 Å². The van der Waals surface area contributed by atoms with Gasteiger partial charge in [-0.05, 0) is 54.4 Å². The Morgan fingerprint density at radius 3 is 2.21 bits per heavy atom. The molecule has 2 rings (SSSR count). The molecule has 0 unspecified atom stereocenters. The number of halogens is 3. The summed E-state index contributed by atoms with van der Waals surface area (Å²) >= 11 is 0. The van der Waals surface area contributed by atoms with E-state index in [1.165, 1.54) is 12.8 Å². The van der Waals surface area contributed by atoms with Crippen LogP contribution in [0.2, 0.25) is 0 Å². The number of benzene rings is 1. The number of hydrogen-bond acceptors (Lipinski definition) is 0. The molecule has 0 aliphatic heterocycles. The highest BCUT2D eigenvalue weighted by Crippen LogP contribution is 2.33. The predicted octanol–water partition coefficient (Wildman–Crippen LogP) is 6.84. The van der Waals surface area contributed by atoms with Crippen molar-refractivity contribution in [2.75, 3.05) is 0 Å². The first-order valence-corrected chi connectivity index (χ1v) is 8.64. The van der Waals surface area contributed by atoms with Crippen LogP contribution in [0.15, 0.2) is 42.5 Å². The van der Waals surface area contributed by atoms with Crippen LogP contribution in [-0.4, -0.2) is 0 Å². The van der Waals surface area contributed by atoms with Gasteiger partial charge < -0.3 is 0 Å². The monoisotopic (exact) mass is 334 g/mol. The first kappa shape index (κ1) is 18.6. The molecule has 1 aromatic carbocycles. The molecule has 0 spiro atoms. The fourth-order valence-electron chi connectivity index (χ4n) is 3.19. The van der Waals surface area contributed by atoms with E-state index >= 15 is 0 Å². The van der Waals surface area contributed by atoms with Gasteiger partial charge in [0.1, 0.15) is 0 Å². The smallest absolute Gasteiger partial charge is 0.194 e. The average Bonchev–Trinajstić information content (AvgIpc) is 2.56. The first-order valence-electron chi connectivity index (χ1n) is 8.64. The lowest BCUT2D eigenvalue weighted by Crippen LogP contribution is -2.13. The lowest BCUT2D eigenvalue weighted by atomic mass is 9.79. The van der Waals surface area contributed by atoms with Crippen molar-refractivity contribution in [3.63, 3.8) is 0 Å². The summed E-state index contributed by atoms with van der Waals surface area (Å²) in [4.78, 5) is 0. The standard InChI is InChI=1S/C21H25F3/c1-4-5-17(18-12-19(22)21(24)20(23)13-18)11-8-15(3)16-9-6-14(2)7-10-16/h5,8,11-14,16H,3-4,6-7,9-10H2,1-2H3/b11-8-,17-5+. The molecule has 0 N–H and O–H groups in total. The Balaban J connectivity index is 2.17. The third kappa shape index (κ3) is 4.62. The summed E-state index contributed by atoms with van der Waals surface area (Å²) in [7, 11) is 0. The van der Waals surface area contributed by atoms with Crippen molar-refractivity contribution in [3.8, 4) is 0 Å². The van der Waals surface area contributed by atoms with Crippen LogP contribution < -0.4 is 0 Å². The molecule has 0 heterocycles. The van der Waals surface area contributed by atoms with Gasteiger partial charge in [-0.2, -0.15) is 0 Å². The Hall–Kier alpha value is -1.77. The highest BCUT2D eigenvalue weighted by atomic mass is 19.2. The maximum Gasteiger partial charge on any atom is 0.194 e. The SMILES string of the molecule is C=C(/C=C\C(=C/CC)c1cc(F)c(F)c(F)c1)C1CCC(C)CC1. The molecule has 3 heteroatoms. The summed E-state index contributed by atoms with van der Waals surface area (Å²) in [6.07, 6.45) is 11.0. The van der Waals surface area contributed by atoms with E-state index in [0.717, 1.165) is 36.5 Å². The van der Waals surface area contributed by atoms with Crippen molar-refractivity contribution in [2.45, 2.75) is 46.0 Å². The molecule has 0 atom stereocenters. The molecule has 0 amide bonds. The van der Waals surface area contributed by atoms with Crippen molar-refractivity contribution < 1.29 is 13.2 Å². The number of hydrogen-bond donors (Lipinski definition) is 0. The minimum Gasteiger partial charge on any atom is -0.204 e. The molecular weight excluding hydrogens is 309 g/mol. The lowest BCUT2D eigenvalue weighted by Gasteiger charge is -2.26. The minimum absolute atomic E-state index is 0.342. The fraction of sp³-hybridized carbons (Fsp3) is 0.429. The quantitative estimate of drug-likeness (QED) is 0.408. The van der Waals surface area contributed by atoms with Gasteiger partial charge in [-0.1, -0.05) is 57.1 Å². The zero-order valence-electron chi connectivity index (χ0n) is 14.4. The summed E-state index contributed by atoms with van der Waals surface area (Å²) in [6.45, 7) is 8.37. The van der Waals surface area contributed by atoms with Crippen LogP contribution in [0.1, 0.15) is 51.5 Å². The molecule has 0 radical (unpaired) electrons. The van der Waals surface area contributed by atoms with E-state index in [0.29, 0.717) is 23.5 Å². The van der Waals surface area contributed by atoms with Gasteiger partial charge in [0, 0.05) is 0 Å². The van der Waals surface area contributed by atoms with Gasteiger partial charge in [-0.25, -0.2) is 13.2 Å². The zero-order chi connectivity index (χ0) is 17.7. The van der Waals surface area contributed by atoms with Crippen molar-refractivity contribution in [1.29, 1.82) is 0 Å². The largest absolute Gasteiger partial charge is 0.204 e. The van der Waals surface area contributed by atoms with Gasteiger partial charge in [0.2, 0.25) is 0 Å². The van der Waals surface area contributed by atoms with Gasteiger partial charge in [0.25, 0.3) is 0 Å². The van der Waals surface area contributed by atoms with Gasteiger partial charge in [-0.15, -0.1) is 0 Å². The Morgan fingerprint density at radius 2 is 1.67 bits per heavy atom. The molecular formula is C21H25F3. The molecule has 24 heavy (non-hydrogen) atoms. The van der Waals surface area contributed by atoms with Crippen LogP contribution >= 0.6 is 0 Å². The second-order valence-corrected chi connectivity index (χ2v) is 6.69. The lowest BCUT2D eigenvalue weighted by molar-refractivity contribution is 0.324. The normalized spacial score (nSPS) is 22.1. The molecule has 1 fully saturated rings. The second kappa shape index (κ2) is 8.36. The highest BCUT2D eigenvalue weighted by Gasteiger charge is 2.19. The average molecular weight is 334 g/mol. The van der Waals surface area contributed by atoms with Crippen LogP contribution in [0, 0.1) is 29.3 Å². The van der Waals surface area contributed by atoms with Crippen molar-refractivity contribution in [3.05, 3.63) is 65.5 Å². The Kier molecular flexibility index (Phi) is 6.47. The van der Waals surface area contributed by atoms with E-state index in [1.54, 1.807) is 0 Å². The molecule has 1 aliphatic carbocycles. The van der Waals surface area contributed by atoms with Crippen LogP contribution in [0.3, 0.4) is 0 Å². The van der Waals surface area contributed by atoms with Crippen molar-refractivity contribution >= 4 is 5.57 Å². The highest BCUT2D eigenvalue weighted by molar-refractivity contribution is 5.74. The van der Waals surface area contributed by atoms with E-state index in [9.17, 15) is 13.2 Å². The van der Waals surface area contributed by atoms with Crippen LogP contribution in [-0.2, 0) is 0 Å².